The molecule has 0 saturated carbocycles. The Balaban J connectivity index is 1.65. The quantitative estimate of drug-likeness (QED) is 0.105. The van der Waals surface area contributed by atoms with Crippen LogP contribution in [0.15, 0.2) is 43.5 Å². The van der Waals surface area contributed by atoms with Crippen molar-refractivity contribution in [1.29, 1.82) is 0 Å². The molecule has 3 aliphatic rings. The number of allylic oxidation sites excluding steroid dienone is 1. The van der Waals surface area contributed by atoms with Gasteiger partial charge in [-0.3, -0.25) is 19.2 Å². The minimum Gasteiger partial charge on any atom is -0.460 e. The van der Waals surface area contributed by atoms with Crippen LogP contribution in [0.4, 0.5) is 5.69 Å². The summed E-state index contributed by atoms with van der Waals surface area (Å²) in [7, 11) is 0. The molecule has 0 aromatic heterocycles. The SMILES string of the molecule is C=CCCC(=O)NC[C@@H](C)OC(=O)[C@H]1[C@@H]2O[C@@]3(CC2Br)[C@@H]1C(=O)N(CCCCCCO)[C@@H]3C(=O)N(CC=C)c1c(C)cccc1Cl. The van der Waals surface area contributed by atoms with Crippen molar-refractivity contribution in [2.45, 2.75) is 87.5 Å². The molecule has 1 aromatic rings. The largest absolute Gasteiger partial charge is 0.460 e. The lowest BCUT2D eigenvalue weighted by Gasteiger charge is -2.37. The number of fused-ring (bicyclic) bond motifs is 1. The van der Waals surface area contributed by atoms with E-state index in [-0.39, 0.29) is 55.2 Å². The van der Waals surface area contributed by atoms with Gasteiger partial charge >= 0.3 is 5.97 Å². The first-order valence-corrected chi connectivity index (χ1v) is 17.3. The second kappa shape index (κ2) is 15.9. The van der Waals surface area contributed by atoms with Gasteiger partial charge < -0.3 is 29.7 Å². The number of carbonyl (C=O) groups is 4. The average molecular weight is 723 g/mol. The highest BCUT2D eigenvalue weighted by molar-refractivity contribution is 9.09. The predicted molar refractivity (Wildman–Crippen MR) is 180 cm³/mol. The van der Waals surface area contributed by atoms with E-state index in [1.54, 1.807) is 34.9 Å². The third-order valence-electron chi connectivity index (χ3n) is 9.12. The normalized spacial score (nSPS) is 26.8. The molecular weight excluding hydrogens is 678 g/mol. The Kier molecular flexibility index (Phi) is 12.5. The number of ether oxygens (including phenoxy) is 2. The first kappa shape index (κ1) is 36.1. The maximum absolute atomic E-state index is 14.8. The predicted octanol–water partition coefficient (Wildman–Crippen LogP) is 4.48. The summed E-state index contributed by atoms with van der Waals surface area (Å²) in [4.78, 5) is 57.9. The van der Waals surface area contributed by atoms with E-state index in [0.29, 0.717) is 36.4 Å². The second-order valence-corrected chi connectivity index (χ2v) is 13.9. The molecule has 4 rings (SSSR count). The number of aliphatic hydroxyl groups excluding tert-OH is 1. The van der Waals surface area contributed by atoms with Crippen LogP contribution in [0, 0.1) is 18.8 Å². The van der Waals surface area contributed by atoms with E-state index in [2.05, 4.69) is 34.4 Å². The van der Waals surface area contributed by atoms with Crippen molar-refractivity contribution in [3.05, 3.63) is 54.1 Å². The third kappa shape index (κ3) is 7.22. The molecule has 7 atom stereocenters. The van der Waals surface area contributed by atoms with E-state index in [1.165, 1.54) is 0 Å². The molecule has 0 aliphatic carbocycles. The fourth-order valence-corrected chi connectivity index (χ4v) is 8.36. The number of aryl methyl sites for hydroxylation is 1. The van der Waals surface area contributed by atoms with Gasteiger partial charge in [-0.05, 0) is 51.2 Å². The summed E-state index contributed by atoms with van der Waals surface area (Å²) in [5.41, 5.74) is 0.0594. The van der Waals surface area contributed by atoms with E-state index in [4.69, 9.17) is 21.1 Å². The number of anilines is 1. The Bertz CT molecular complexity index is 1310. The van der Waals surface area contributed by atoms with Gasteiger partial charge in [0.1, 0.15) is 17.7 Å². The fourth-order valence-electron chi connectivity index (χ4n) is 7.10. The van der Waals surface area contributed by atoms with Crippen molar-refractivity contribution in [3.8, 4) is 0 Å². The van der Waals surface area contributed by atoms with Crippen molar-refractivity contribution in [2.75, 3.05) is 31.1 Å². The van der Waals surface area contributed by atoms with E-state index >= 15 is 0 Å². The van der Waals surface area contributed by atoms with Gasteiger partial charge in [0.25, 0.3) is 5.91 Å². The highest BCUT2D eigenvalue weighted by atomic mass is 79.9. The zero-order valence-electron chi connectivity index (χ0n) is 26.6. The number of hydrogen-bond acceptors (Lipinski definition) is 7. The number of para-hydroxylation sites is 1. The number of likely N-dealkylation sites (tertiary alicyclic amines) is 1. The Labute approximate surface area is 284 Å². The highest BCUT2D eigenvalue weighted by Crippen LogP contribution is 2.60. The summed E-state index contributed by atoms with van der Waals surface area (Å²) in [6.45, 7) is 11.7. The van der Waals surface area contributed by atoms with Crippen molar-refractivity contribution in [1.82, 2.24) is 10.2 Å². The summed E-state index contributed by atoms with van der Waals surface area (Å²) in [5.74, 6) is -3.29. The highest BCUT2D eigenvalue weighted by Gasteiger charge is 2.77. The minimum absolute atomic E-state index is 0.0885. The smallest absolute Gasteiger partial charge is 0.312 e. The maximum Gasteiger partial charge on any atom is 0.312 e. The summed E-state index contributed by atoms with van der Waals surface area (Å²) in [6, 6.07) is 4.38. The molecule has 10 nitrogen and oxygen atoms in total. The van der Waals surface area contributed by atoms with E-state index in [9.17, 15) is 24.3 Å². The number of unbranched alkanes of at least 4 members (excludes halogenated alkanes) is 3. The topological polar surface area (TPSA) is 125 Å². The van der Waals surface area contributed by atoms with Gasteiger partial charge in [0.2, 0.25) is 11.8 Å². The molecule has 2 bridgehead atoms. The first-order chi connectivity index (χ1) is 22.0. The number of amides is 3. The first-order valence-electron chi connectivity index (χ1n) is 16.0. The number of nitrogens with zero attached hydrogens (tertiary/aromatic N) is 2. The minimum atomic E-state index is -1.27. The maximum atomic E-state index is 14.8. The van der Waals surface area contributed by atoms with Crippen molar-refractivity contribution in [2.24, 2.45) is 11.8 Å². The van der Waals surface area contributed by atoms with E-state index in [1.807, 2.05) is 19.1 Å². The van der Waals surface area contributed by atoms with E-state index in [0.717, 1.165) is 18.4 Å². The Morgan fingerprint density at radius 3 is 2.67 bits per heavy atom. The Morgan fingerprint density at radius 2 is 2.00 bits per heavy atom. The molecule has 2 N–H and O–H groups in total. The zero-order valence-corrected chi connectivity index (χ0v) is 28.9. The lowest BCUT2D eigenvalue weighted by molar-refractivity contribution is -0.159. The Morgan fingerprint density at radius 1 is 1.26 bits per heavy atom. The number of nitrogens with one attached hydrogen (secondary N) is 1. The molecular formula is C34H45BrClN3O7. The van der Waals surface area contributed by atoms with Crippen LogP contribution < -0.4 is 10.2 Å². The van der Waals surface area contributed by atoms with Crippen LogP contribution in [-0.4, -0.2) is 88.6 Å². The van der Waals surface area contributed by atoms with Gasteiger partial charge in [-0.1, -0.05) is 64.7 Å². The summed E-state index contributed by atoms with van der Waals surface area (Å²) >= 11 is 10.3. The number of carbonyl (C=O) groups excluding carboxylic acids is 4. The molecule has 1 unspecified atom stereocenters. The average Bonchev–Trinajstić information content (AvgIpc) is 3.61. The molecule has 3 fully saturated rings. The number of benzene rings is 1. The molecule has 12 heteroatoms. The summed E-state index contributed by atoms with van der Waals surface area (Å²) in [5, 5.41) is 12.4. The lowest BCUT2D eigenvalue weighted by Crippen LogP contribution is -2.57. The molecule has 1 aromatic carbocycles. The summed E-state index contributed by atoms with van der Waals surface area (Å²) < 4.78 is 12.4. The molecule has 252 valence electrons. The number of esters is 1. The van der Waals surface area contributed by atoms with Gasteiger partial charge in [0, 0.05) is 30.9 Å². The van der Waals surface area contributed by atoms with Gasteiger partial charge in [-0.2, -0.15) is 0 Å². The van der Waals surface area contributed by atoms with Crippen LogP contribution in [-0.2, 0) is 28.7 Å². The number of alkyl halides is 1. The number of hydrogen-bond donors (Lipinski definition) is 2. The number of rotatable bonds is 17. The number of halogens is 2. The number of aliphatic hydroxyl groups is 1. The molecule has 46 heavy (non-hydrogen) atoms. The van der Waals surface area contributed by atoms with Crippen LogP contribution >= 0.6 is 27.5 Å². The molecule has 1 spiro atoms. The zero-order chi connectivity index (χ0) is 33.6. The monoisotopic (exact) mass is 721 g/mol. The fraction of sp³-hybridized carbons (Fsp3) is 0.588. The molecule has 3 amide bonds. The van der Waals surface area contributed by atoms with Gasteiger partial charge in [0.05, 0.1) is 35.2 Å². The van der Waals surface area contributed by atoms with Crippen LogP contribution in [0.5, 0.6) is 0 Å². The van der Waals surface area contributed by atoms with Crippen LogP contribution in [0.25, 0.3) is 0 Å². The van der Waals surface area contributed by atoms with Crippen molar-refractivity contribution in [3.63, 3.8) is 0 Å². The second-order valence-electron chi connectivity index (χ2n) is 12.4. The summed E-state index contributed by atoms with van der Waals surface area (Å²) in [6.07, 6.45) is 5.94. The van der Waals surface area contributed by atoms with Crippen molar-refractivity contribution < 1.29 is 33.8 Å². The van der Waals surface area contributed by atoms with Gasteiger partial charge in [-0.25, -0.2) is 0 Å². The van der Waals surface area contributed by atoms with Crippen LogP contribution in [0.3, 0.4) is 0 Å². The molecule has 3 heterocycles. The third-order valence-corrected chi connectivity index (χ3v) is 10.3. The Hall–Kier alpha value is -2.73. The van der Waals surface area contributed by atoms with Crippen molar-refractivity contribution >= 4 is 56.9 Å². The van der Waals surface area contributed by atoms with Gasteiger partial charge in [0.15, 0.2) is 0 Å². The van der Waals surface area contributed by atoms with Crippen LogP contribution in [0.2, 0.25) is 5.02 Å². The molecule has 0 radical (unpaired) electrons. The van der Waals surface area contributed by atoms with Crippen LogP contribution in [0.1, 0.15) is 57.4 Å². The van der Waals surface area contributed by atoms with Gasteiger partial charge in [-0.15, -0.1) is 13.2 Å². The molecule has 3 aliphatic heterocycles. The molecule has 3 saturated heterocycles. The standard InChI is InChI=1S/C34H45BrClN3O7/c1-5-7-15-25(41)37-20-22(4)45-33(44)26-27-31(42)39(17-10-8-9-11-18-40)30(34(27)19-23(35)29(26)46-34)32(43)38(16-6-2)28-21(3)13-12-14-24(28)36/h5-6,12-14,22-23,26-27,29-30,40H,1-2,7-11,15-20H2,3-4H3,(H,37,41)/t22-,23?,26-,27+,29-,30-,34+/m1/s1. The lowest BCUT2D eigenvalue weighted by atomic mass is 9.70. The van der Waals surface area contributed by atoms with E-state index < -0.39 is 41.7 Å².